The minimum absolute atomic E-state index is 0.0144. The van der Waals surface area contributed by atoms with Gasteiger partial charge in [0.25, 0.3) is 5.88 Å². The highest BCUT2D eigenvalue weighted by Crippen LogP contribution is 2.31. The van der Waals surface area contributed by atoms with Crippen LogP contribution in [0.1, 0.15) is 26.7 Å². The van der Waals surface area contributed by atoms with Crippen LogP contribution < -0.4 is 19.7 Å². The first-order valence-electron chi connectivity index (χ1n) is 10.9. The Labute approximate surface area is 182 Å². The Morgan fingerprint density at radius 1 is 1.03 bits per heavy atom. The number of carbonyl (C=O) groups excluding carboxylic acids is 1. The summed E-state index contributed by atoms with van der Waals surface area (Å²) in [6, 6.07) is 15.2. The molecule has 0 saturated carbocycles. The molecule has 7 heteroatoms. The number of hydrogen-bond donors (Lipinski definition) is 1. The number of anilines is 2. The topological polar surface area (TPSA) is 76.6 Å². The zero-order valence-electron chi connectivity index (χ0n) is 18.0. The van der Waals surface area contributed by atoms with Gasteiger partial charge in [0.05, 0.1) is 30.2 Å². The lowest BCUT2D eigenvalue weighted by molar-refractivity contribution is -0.120. The summed E-state index contributed by atoms with van der Waals surface area (Å²) in [6.45, 7) is 6.40. The van der Waals surface area contributed by atoms with Gasteiger partial charge in [-0.25, -0.2) is 9.97 Å². The number of para-hydroxylation sites is 2. The summed E-state index contributed by atoms with van der Waals surface area (Å²) in [5.41, 5.74) is 2.39. The highest BCUT2D eigenvalue weighted by atomic mass is 16.5. The van der Waals surface area contributed by atoms with Crippen LogP contribution in [0.5, 0.6) is 11.6 Å². The van der Waals surface area contributed by atoms with Crippen molar-refractivity contribution in [3.05, 3.63) is 48.5 Å². The first-order chi connectivity index (χ1) is 15.2. The Morgan fingerprint density at radius 3 is 2.45 bits per heavy atom. The number of nitrogens with one attached hydrogen (secondary N) is 1. The maximum atomic E-state index is 12.9. The average Bonchev–Trinajstić information content (AvgIpc) is 2.80. The third kappa shape index (κ3) is 4.87. The van der Waals surface area contributed by atoms with Crippen molar-refractivity contribution in [1.82, 2.24) is 9.97 Å². The lowest BCUT2D eigenvalue weighted by atomic mass is 9.97. The average molecular weight is 421 g/mol. The maximum Gasteiger partial charge on any atom is 0.258 e. The maximum absolute atomic E-state index is 12.9. The Hall–Kier alpha value is -3.35. The smallest absolute Gasteiger partial charge is 0.258 e. The Morgan fingerprint density at radius 2 is 1.74 bits per heavy atom. The minimum atomic E-state index is -0.136. The summed E-state index contributed by atoms with van der Waals surface area (Å²) in [7, 11) is 0. The number of amides is 1. The SMILES string of the molecule is CCOc1ccc(NC(=O)[C@@H]2CCCN(c3nc4ccccc4nc3OCC)C2)cc1. The van der Waals surface area contributed by atoms with Gasteiger partial charge in [-0.05, 0) is 63.1 Å². The quantitative estimate of drug-likeness (QED) is 0.615. The number of hydrogen-bond acceptors (Lipinski definition) is 6. The molecule has 2 aromatic carbocycles. The van der Waals surface area contributed by atoms with Crippen LogP contribution >= 0.6 is 0 Å². The van der Waals surface area contributed by atoms with Crippen molar-refractivity contribution in [2.24, 2.45) is 5.92 Å². The molecule has 0 bridgehead atoms. The first kappa shape index (κ1) is 20.9. The molecule has 0 radical (unpaired) electrons. The second kappa shape index (κ2) is 9.64. The molecule has 162 valence electrons. The van der Waals surface area contributed by atoms with Gasteiger partial charge in [-0.2, -0.15) is 0 Å². The standard InChI is InChI=1S/C24H28N4O3/c1-3-30-19-13-11-18(12-14-19)25-23(29)17-8-7-15-28(16-17)22-24(31-4-2)27-21-10-6-5-9-20(21)26-22/h5-6,9-14,17H,3-4,7-8,15-16H2,1-2H3,(H,25,29)/t17-/m1/s1. The van der Waals surface area contributed by atoms with Gasteiger partial charge in [0, 0.05) is 18.8 Å². The van der Waals surface area contributed by atoms with Gasteiger partial charge in [0.2, 0.25) is 5.91 Å². The van der Waals surface area contributed by atoms with E-state index < -0.39 is 0 Å². The summed E-state index contributed by atoms with van der Waals surface area (Å²) in [5, 5.41) is 3.03. The van der Waals surface area contributed by atoms with Gasteiger partial charge in [-0.15, -0.1) is 0 Å². The predicted molar refractivity (Wildman–Crippen MR) is 122 cm³/mol. The molecule has 7 nitrogen and oxygen atoms in total. The molecule has 1 aliphatic rings. The molecule has 1 saturated heterocycles. The van der Waals surface area contributed by atoms with Crippen LogP contribution in [0.25, 0.3) is 11.0 Å². The van der Waals surface area contributed by atoms with Crippen LogP contribution in [0.2, 0.25) is 0 Å². The van der Waals surface area contributed by atoms with Crippen molar-refractivity contribution in [1.29, 1.82) is 0 Å². The van der Waals surface area contributed by atoms with Crippen molar-refractivity contribution in [3.63, 3.8) is 0 Å². The van der Waals surface area contributed by atoms with Crippen molar-refractivity contribution in [2.75, 3.05) is 36.5 Å². The van der Waals surface area contributed by atoms with Crippen LogP contribution in [-0.4, -0.2) is 42.2 Å². The molecule has 1 fully saturated rings. The fourth-order valence-corrected chi connectivity index (χ4v) is 3.84. The number of ether oxygens (including phenoxy) is 2. The second-order valence-electron chi connectivity index (χ2n) is 7.51. The Bertz CT molecular complexity index is 1040. The first-order valence-corrected chi connectivity index (χ1v) is 10.9. The van der Waals surface area contributed by atoms with Crippen LogP contribution in [0.4, 0.5) is 11.5 Å². The molecule has 1 aromatic heterocycles. The van der Waals surface area contributed by atoms with Gasteiger partial charge in [0.1, 0.15) is 5.75 Å². The third-order valence-electron chi connectivity index (χ3n) is 5.33. The van der Waals surface area contributed by atoms with Crippen LogP contribution in [0.3, 0.4) is 0 Å². The van der Waals surface area contributed by atoms with Crippen molar-refractivity contribution >= 4 is 28.4 Å². The third-order valence-corrected chi connectivity index (χ3v) is 5.33. The fourth-order valence-electron chi connectivity index (χ4n) is 3.84. The van der Waals surface area contributed by atoms with Crippen molar-refractivity contribution in [2.45, 2.75) is 26.7 Å². The molecular weight excluding hydrogens is 392 g/mol. The van der Waals surface area contributed by atoms with E-state index >= 15 is 0 Å². The van der Waals surface area contributed by atoms with E-state index in [1.54, 1.807) is 0 Å². The molecule has 0 spiro atoms. The molecule has 1 N–H and O–H groups in total. The molecule has 3 aromatic rings. The Balaban J connectivity index is 1.50. The highest BCUT2D eigenvalue weighted by molar-refractivity contribution is 5.93. The number of fused-ring (bicyclic) bond motifs is 1. The molecular formula is C24H28N4O3. The predicted octanol–water partition coefficient (Wildman–Crippen LogP) is 4.28. The number of benzene rings is 2. The number of nitrogens with zero attached hydrogens (tertiary/aromatic N) is 3. The van der Waals surface area contributed by atoms with Crippen molar-refractivity contribution < 1.29 is 14.3 Å². The van der Waals surface area contributed by atoms with Gasteiger partial charge < -0.3 is 19.7 Å². The number of carbonyl (C=O) groups is 1. The minimum Gasteiger partial charge on any atom is -0.494 e. The van der Waals surface area contributed by atoms with Gasteiger partial charge in [-0.1, -0.05) is 12.1 Å². The normalized spacial score (nSPS) is 16.2. The van der Waals surface area contributed by atoms with E-state index in [-0.39, 0.29) is 11.8 Å². The summed E-state index contributed by atoms with van der Waals surface area (Å²) in [6.07, 6.45) is 1.74. The summed E-state index contributed by atoms with van der Waals surface area (Å²) < 4.78 is 11.3. The lowest BCUT2D eigenvalue weighted by Gasteiger charge is -2.33. The number of piperidine rings is 1. The molecule has 4 rings (SSSR count). The van der Waals surface area contributed by atoms with Gasteiger partial charge >= 0.3 is 0 Å². The molecule has 0 aliphatic carbocycles. The van der Waals surface area contributed by atoms with Crippen LogP contribution in [-0.2, 0) is 4.79 Å². The van der Waals surface area contributed by atoms with E-state index in [0.717, 1.165) is 41.9 Å². The number of rotatable bonds is 7. The van der Waals surface area contributed by atoms with E-state index in [2.05, 4.69) is 15.2 Å². The van der Waals surface area contributed by atoms with E-state index in [4.69, 9.17) is 14.5 Å². The van der Waals surface area contributed by atoms with E-state index in [9.17, 15) is 4.79 Å². The molecule has 1 amide bonds. The fraction of sp³-hybridized carbons (Fsp3) is 0.375. The van der Waals surface area contributed by atoms with E-state index in [1.165, 1.54) is 0 Å². The molecule has 2 heterocycles. The number of aromatic nitrogens is 2. The molecule has 31 heavy (non-hydrogen) atoms. The highest BCUT2D eigenvalue weighted by Gasteiger charge is 2.29. The summed E-state index contributed by atoms with van der Waals surface area (Å²) in [4.78, 5) is 24.5. The summed E-state index contributed by atoms with van der Waals surface area (Å²) in [5.74, 6) is 1.90. The molecule has 1 aliphatic heterocycles. The monoisotopic (exact) mass is 420 g/mol. The van der Waals surface area contributed by atoms with Crippen LogP contribution in [0, 0.1) is 5.92 Å². The molecule has 1 atom stereocenters. The molecule has 0 unspecified atom stereocenters. The van der Waals surface area contributed by atoms with Crippen molar-refractivity contribution in [3.8, 4) is 11.6 Å². The zero-order chi connectivity index (χ0) is 21.6. The van der Waals surface area contributed by atoms with E-state index in [0.29, 0.717) is 31.5 Å². The summed E-state index contributed by atoms with van der Waals surface area (Å²) >= 11 is 0. The zero-order valence-corrected chi connectivity index (χ0v) is 18.0. The van der Waals surface area contributed by atoms with Gasteiger partial charge in [-0.3, -0.25) is 4.79 Å². The second-order valence-corrected chi connectivity index (χ2v) is 7.51. The lowest BCUT2D eigenvalue weighted by Crippen LogP contribution is -2.41. The van der Waals surface area contributed by atoms with Crippen LogP contribution in [0.15, 0.2) is 48.5 Å². The Kier molecular flexibility index (Phi) is 6.50. The van der Waals surface area contributed by atoms with E-state index in [1.807, 2.05) is 62.4 Å². The van der Waals surface area contributed by atoms with Gasteiger partial charge in [0.15, 0.2) is 5.82 Å². The largest absolute Gasteiger partial charge is 0.494 e.